The molecule has 92 valence electrons. The van der Waals surface area contributed by atoms with Gasteiger partial charge in [0.15, 0.2) is 0 Å². The number of hydrogen-bond donors (Lipinski definition) is 3. The van der Waals surface area contributed by atoms with Gasteiger partial charge in [0.05, 0.1) is 0 Å². The molecule has 1 heterocycles. The highest BCUT2D eigenvalue weighted by Crippen LogP contribution is 1.95. The third-order valence-corrected chi connectivity index (χ3v) is 2.25. The van der Waals surface area contributed by atoms with Gasteiger partial charge in [-0.2, -0.15) is 0 Å². The SMILES string of the molecule is CC1CNCCN1C.NC(=O)/C=C/C(N)=O. The van der Waals surface area contributed by atoms with Gasteiger partial charge >= 0.3 is 0 Å². The van der Waals surface area contributed by atoms with Gasteiger partial charge in [0.25, 0.3) is 0 Å². The number of nitrogens with zero attached hydrogens (tertiary/aromatic N) is 1. The Morgan fingerprint density at radius 3 is 2.06 bits per heavy atom. The molecule has 0 aromatic rings. The van der Waals surface area contributed by atoms with E-state index in [-0.39, 0.29) is 0 Å². The molecule has 2 amide bonds. The number of carbonyl (C=O) groups excluding carboxylic acids is 2. The van der Waals surface area contributed by atoms with Crippen molar-refractivity contribution < 1.29 is 9.59 Å². The minimum Gasteiger partial charge on any atom is -0.366 e. The largest absolute Gasteiger partial charge is 0.366 e. The fraction of sp³-hybridized carbons (Fsp3) is 0.600. The van der Waals surface area contributed by atoms with Crippen molar-refractivity contribution >= 4 is 11.8 Å². The Kier molecular flexibility index (Phi) is 7.15. The van der Waals surface area contributed by atoms with E-state index >= 15 is 0 Å². The third-order valence-electron chi connectivity index (χ3n) is 2.25. The Morgan fingerprint density at radius 1 is 1.31 bits per heavy atom. The van der Waals surface area contributed by atoms with Crippen molar-refractivity contribution in [3.05, 3.63) is 12.2 Å². The van der Waals surface area contributed by atoms with Crippen LogP contribution in [0, 0.1) is 0 Å². The zero-order valence-electron chi connectivity index (χ0n) is 9.77. The summed E-state index contributed by atoms with van der Waals surface area (Å²) in [5, 5.41) is 3.32. The van der Waals surface area contributed by atoms with E-state index in [4.69, 9.17) is 0 Å². The Bertz CT molecular complexity index is 240. The summed E-state index contributed by atoms with van der Waals surface area (Å²) in [6, 6.07) is 0.726. The average molecular weight is 228 g/mol. The van der Waals surface area contributed by atoms with E-state index < -0.39 is 11.8 Å². The van der Waals surface area contributed by atoms with E-state index in [1.54, 1.807) is 0 Å². The summed E-state index contributed by atoms with van der Waals surface area (Å²) in [5.74, 6) is -1.35. The normalized spacial score (nSPS) is 21.2. The third kappa shape index (κ3) is 7.95. The van der Waals surface area contributed by atoms with Gasteiger partial charge in [-0.3, -0.25) is 9.59 Å². The lowest BCUT2D eigenvalue weighted by Gasteiger charge is -2.29. The molecule has 1 unspecified atom stereocenters. The van der Waals surface area contributed by atoms with Crippen molar-refractivity contribution in [3.8, 4) is 0 Å². The predicted octanol–water partition coefficient (Wildman–Crippen LogP) is -1.58. The predicted molar refractivity (Wildman–Crippen MR) is 62.5 cm³/mol. The van der Waals surface area contributed by atoms with Crippen LogP contribution < -0.4 is 16.8 Å². The standard InChI is InChI=1S/C6H14N2.C4H6N2O2/c1-6-5-7-3-4-8(6)2;5-3(7)1-2-4(6)8/h6-7H,3-5H2,1-2H3;1-2H,(H2,5,7)(H2,6,8)/b;2-1+. The number of likely N-dealkylation sites (N-methyl/N-ethyl adjacent to an activating group) is 1. The first-order valence-corrected chi connectivity index (χ1v) is 5.11. The molecule has 0 bridgehead atoms. The Labute approximate surface area is 95.6 Å². The minimum atomic E-state index is -0.677. The molecule has 6 heteroatoms. The number of nitrogens with two attached hydrogens (primary N) is 2. The van der Waals surface area contributed by atoms with Crippen LogP contribution in [-0.2, 0) is 9.59 Å². The number of carbonyl (C=O) groups is 2. The smallest absolute Gasteiger partial charge is 0.241 e. The molecule has 1 aliphatic heterocycles. The number of piperazine rings is 1. The average Bonchev–Trinajstić information content (AvgIpc) is 2.20. The van der Waals surface area contributed by atoms with Crippen molar-refractivity contribution in [2.24, 2.45) is 11.5 Å². The van der Waals surface area contributed by atoms with Crippen LogP contribution in [0.15, 0.2) is 12.2 Å². The molecule has 1 saturated heterocycles. The highest BCUT2D eigenvalue weighted by atomic mass is 16.1. The van der Waals surface area contributed by atoms with E-state index in [9.17, 15) is 9.59 Å². The molecule has 0 aromatic heterocycles. The molecule has 0 aliphatic carbocycles. The molecule has 1 aliphatic rings. The van der Waals surface area contributed by atoms with Crippen LogP contribution in [0.5, 0.6) is 0 Å². The van der Waals surface area contributed by atoms with Gasteiger partial charge < -0.3 is 21.7 Å². The number of primary amides is 2. The topological polar surface area (TPSA) is 101 Å². The zero-order valence-corrected chi connectivity index (χ0v) is 9.77. The molecule has 0 spiro atoms. The van der Waals surface area contributed by atoms with Gasteiger partial charge in [0, 0.05) is 37.8 Å². The molecular formula is C10H20N4O2. The fourth-order valence-corrected chi connectivity index (χ4v) is 1.11. The first-order chi connectivity index (χ1) is 7.43. The van der Waals surface area contributed by atoms with Gasteiger partial charge in [-0.25, -0.2) is 0 Å². The molecule has 0 aromatic carbocycles. The van der Waals surface area contributed by atoms with Crippen LogP contribution in [0.4, 0.5) is 0 Å². The van der Waals surface area contributed by atoms with Crippen molar-refractivity contribution in [2.75, 3.05) is 26.7 Å². The van der Waals surface area contributed by atoms with E-state index in [0.717, 1.165) is 31.3 Å². The number of rotatable bonds is 2. The summed E-state index contributed by atoms with van der Waals surface area (Å²) < 4.78 is 0. The second kappa shape index (κ2) is 7.84. The summed E-state index contributed by atoms with van der Waals surface area (Å²) in [6.45, 7) is 5.74. The molecule has 1 fully saturated rings. The molecule has 1 rings (SSSR count). The monoisotopic (exact) mass is 228 g/mol. The van der Waals surface area contributed by atoms with E-state index in [1.165, 1.54) is 6.54 Å². The van der Waals surface area contributed by atoms with Gasteiger partial charge in [0.1, 0.15) is 0 Å². The number of nitrogens with one attached hydrogen (secondary N) is 1. The second-order valence-electron chi connectivity index (χ2n) is 3.67. The maximum Gasteiger partial charge on any atom is 0.241 e. The van der Waals surface area contributed by atoms with Gasteiger partial charge in [-0.15, -0.1) is 0 Å². The first-order valence-electron chi connectivity index (χ1n) is 5.11. The Morgan fingerprint density at radius 2 is 1.81 bits per heavy atom. The Balaban J connectivity index is 0.000000281. The van der Waals surface area contributed by atoms with Crippen molar-refractivity contribution in [1.82, 2.24) is 10.2 Å². The van der Waals surface area contributed by atoms with Crippen molar-refractivity contribution in [3.63, 3.8) is 0 Å². The lowest BCUT2D eigenvalue weighted by molar-refractivity contribution is -0.115. The fourth-order valence-electron chi connectivity index (χ4n) is 1.11. The van der Waals surface area contributed by atoms with E-state index in [1.807, 2.05) is 0 Å². The molecule has 5 N–H and O–H groups in total. The van der Waals surface area contributed by atoms with Gasteiger partial charge in [-0.1, -0.05) is 0 Å². The highest BCUT2D eigenvalue weighted by molar-refractivity contribution is 5.95. The molecular weight excluding hydrogens is 208 g/mol. The van der Waals surface area contributed by atoms with Gasteiger partial charge in [-0.05, 0) is 14.0 Å². The zero-order chi connectivity index (χ0) is 12.6. The van der Waals surface area contributed by atoms with Crippen LogP contribution in [0.25, 0.3) is 0 Å². The second-order valence-corrected chi connectivity index (χ2v) is 3.67. The summed E-state index contributed by atoms with van der Waals surface area (Å²) in [5.41, 5.74) is 9.21. The molecule has 6 nitrogen and oxygen atoms in total. The maximum atomic E-state index is 9.83. The lowest BCUT2D eigenvalue weighted by atomic mass is 10.2. The highest BCUT2D eigenvalue weighted by Gasteiger charge is 2.11. The number of hydrogen-bond acceptors (Lipinski definition) is 4. The summed E-state index contributed by atoms with van der Waals surface area (Å²) in [7, 11) is 2.17. The lowest BCUT2D eigenvalue weighted by Crippen LogP contribution is -2.47. The van der Waals surface area contributed by atoms with Crippen molar-refractivity contribution in [2.45, 2.75) is 13.0 Å². The summed E-state index contributed by atoms with van der Waals surface area (Å²) in [4.78, 5) is 22.0. The van der Waals surface area contributed by atoms with Crippen LogP contribution in [-0.4, -0.2) is 49.4 Å². The van der Waals surface area contributed by atoms with Crippen molar-refractivity contribution in [1.29, 1.82) is 0 Å². The van der Waals surface area contributed by atoms with Crippen LogP contribution >= 0.6 is 0 Å². The van der Waals surface area contributed by atoms with Crippen LogP contribution in [0.2, 0.25) is 0 Å². The molecule has 16 heavy (non-hydrogen) atoms. The molecule has 1 atom stereocenters. The summed E-state index contributed by atoms with van der Waals surface area (Å²) in [6.07, 6.45) is 1.81. The van der Waals surface area contributed by atoms with E-state index in [0.29, 0.717) is 0 Å². The molecule has 0 radical (unpaired) electrons. The molecule has 0 saturated carbocycles. The Hall–Kier alpha value is -1.40. The van der Waals surface area contributed by atoms with Crippen LogP contribution in [0.3, 0.4) is 0 Å². The van der Waals surface area contributed by atoms with Crippen LogP contribution in [0.1, 0.15) is 6.92 Å². The maximum absolute atomic E-state index is 9.83. The van der Waals surface area contributed by atoms with E-state index in [2.05, 4.69) is 35.7 Å². The quantitative estimate of drug-likeness (QED) is 0.497. The van der Waals surface area contributed by atoms with Gasteiger partial charge in [0.2, 0.25) is 11.8 Å². The summed E-state index contributed by atoms with van der Waals surface area (Å²) >= 11 is 0. The minimum absolute atomic E-state index is 0.677. The first kappa shape index (κ1) is 14.6. The number of amides is 2.